The Morgan fingerprint density at radius 2 is 1.71 bits per heavy atom. The quantitative estimate of drug-likeness (QED) is 0.455. The molecule has 0 spiro atoms. The van der Waals surface area contributed by atoms with Crippen LogP contribution in [-0.2, 0) is 22.6 Å². The number of aromatic nitrogens is 3. The Bertz CT molecular complexity index is 1240. The van der Waals surface area contributed by atoms with E-state index in [1.54, 1.807) is 0 Å². The third kappa shape index (κ3) is 5.33. The molecular weight excluding hydrogens is 514 g/mol. The van der Waals surface area contributed by atoms with Crippen molar-refractivity contribution in [2.24, 2.45) is 5.41 Å². The topological polar surface area (TPSA) is 71.9 Å². The van der Waals surface area contributed by atoms with Gasteiger partial charge in [0.05, 0.1) is 34.9 Å². The predicted octanol–water partition coefficient (Wildman–Crippen LogP) is 5.75. The first-order chi connectivity index (χ1) is 17.6. The molecule has 2 aliphatic rings. The van der Waals surface area contributed by atoms with Crippen LogP contribution < -0.4 is 11.0 Å². The molecule has 6 nitrogen and oxygen atoms in total. The maximum Gasteiger partial charge on any atom is 0.416 e. The van der Waals surface area contributed by atoms with Crippen LogP contribution >= 0.6 is 0 Å². The second-order valence-corrected chi connectivity index (χ2v) is 10.7. The summed E-state index contributed by atoms with van der Waals surface area (Å²) in [5.41, 5.74) is -5.07. The van der Waals surface area contributed by atoms with Crippen molar-refractivity contribution in [2.75, 3.05) is 13.2 Å². The van der Waals surface area contributed by atoms with Crippen LogP contribution in [0.5, 0.6) is 0 Å². The molecule has 1 aromatic heterocycles. The van der Waals surface area contributed by atoms with Crippen molar-refractivity contribution < 1.29 is 31.1 Å². The number of piperidine rings is 1. The number of H-pyrrole nitrogens is 1. The van der Waals surface area contributed by atoms with E-state index in [0.717, 1.165) is 0 Å². The van der Waals surface area contributed by atoms with Gasteiger partial charge in [0, 0.05) is 12.0 Å². The molecule has 38 heavy (non-hydrogen) atoms. The van der Waals surface area contributed by atoms with E-state index in [-0.39, 0.29) is 23.9 Å². The third-order valence-corrected chi connectivity index (χ3v) is 8.04. The third-order valence-electron chi connectivity index (χ3n) is 8.04. The van der Waals surface area contributed by atoms with Gasteiger partial charge < -0.3 is 10.1 Å². The van der Waals surface area contributed by atoms with E-state index in [2.05, 4.69) is 15.5 Å². The summed E-state index contributed by atoms with van der Waals surface area (Å²) in [5.74, 6) is 0. The predicted molar refractivity (Wildman–Crippen MR) is 128 cm³/mol. The van der Waals surface area contributed by atoms with E-state index in [9.17, 15) is 31.1 Å². The van der Waals surface area contributed by atoms with E-state index in [1.807, 2.05) is 38.2 Å². The van der Waals surface area contributed by atoms with E-state index in [1.165, 1.54) is 17.8 Å². The SMILES string of the molecule is C[C@@H](OC[C@@]1(C2(C)C=CC=CC2)CC[C@](C)(n2cn[nH]c2=O)CN1)c1cc(C(F)(F)F)cc(C(F)(F)F)c1. The lowest BCUT2D eigenvalue weighted by Crippen LogP contribution is -2.67. The smallest absolute Gasteiger partial charge is 0.372 e. The summed E-state index contributed by atoms with van der Waals surface area (Å²) >= 11 is 0. The average Bonchev–Trinajstić information content (AvgIpc) is 3.29. The van der Waals surface area contributed by atoms with Gasteiger partial charge in [0.2, 0.25) is 0 Å². The van der Waals surface area contributed by atoms with E-state index in [0.29, 0.717) is 37.9 Å². The lowest BCUT2D eigenvalue weighted by Gasteiger charge is -2.54. The van der Waals surface area contributed by atoms with Crippen LogP contribution in [0, 0.1) is 5.41 Å². The molecule has 2 heterocycles. The van der Waals surface area contributed by atoms with E-state index < -0.39 is 46.1 Å². The molecule has 1 aromatic carbocycles. The monoisotopic (exact) mass is 544 g/mol. The molecule has 1 unspecified atom stereocenters. The Labute approximate surface area is 215 Å². The van der Waals surface area contributed by atoms with Gasteiger partial charge >= 0.3 is 18.0 Å². The Morgan fingerprint density at radius 3 is 2.18 bits per heavy atom. The molecular formula is C26H30F6N4O2. The van der Waals surface area contributed by atoms with Gasteiger partial charge in [-0.05, 0) is 56.9 Å². The lowest BCUT2D eigenvalue weighted by molar-refractivity contribution is -0.143. The highest BCUT2D eigenvalue weighted by molar-refractivity contribution is 5.35. The van der Waals surface area contributed by atoms with E-state index >= 15 is 0 Å². The largest absolute Gasteiger partial charge is 0.416 e. The number of nitrogens with one attached hydrogen (secondary N) is 2. The zero-order valence-electron chi connectivity index (χ0n) is 21.2. The van der Waals surface area contributed by atoms with Crippen LogP contribution in [0.4, 0.5) is 26.3 Å². The summed E-state index contributed by atoms with van der Waals surface area (Å²) in [4.78, 5) is 12.2. The van der Waals surface area contributed by atoms with Gasteiger partial charge in [0.1, 0.15) is 6.33 Å². The van der Waals surface area contributed by atoms with Gasteiger partial charge in [-0.3, -0.25) is 4.57 Å². The number of hydrogen-bond donors (Lipinski definition) is 2. The average molecular weight is 545 g/mol. The number of benzene rings is 1. The van der Waals surface area contributed by atoms with Crippen molar-refractivity contribution >= 4 is 0 Å². The van der Waals surface area contributed by atoms with Gasteiger partial charge in [-0.1, -0.05) is 31.2 Å². The fourth-order valence-corrected chi connectivity index (χ4v) is 5.29. The molecule has 1 aliphatic heterocycles. The first-order valence-corrected chi connectivity index (χ1v) is 12.2. The first-order valence-electron chi connectivity index (χ1n) is 12.2. The number of aromatic amines is 1. The van der Waals surface area contributed by atoms with Crippen LogP contribution in [0.25, 0.3) is 0 Å². The zero-order valence-corrected chi connectivity index (χ0v) is 21.2. The maximum atomic E-state index is 13.4. The van der Waals surface area contributed by atoms with Crippen LogP contribution in [0.15, 0.2) is 53.6 Å². The van der Waals surface area contributed by atoms with Gasteiger partial charge in [-0.15, -0.1) is 0 Å². The minimum absolute atomic E-state index is 0.0246. The minimum Gasteiger partial charge on any atom is -0.372 e. The van der Waals surface area contributed by atoms with Crippen LogP contribution in [-0.4, -0.2) is 33.5 Å². The normalized spacial score (nSPS) is 29.0. The summed E-state index contributed by atoms with van der Waals surface area (Å²) in [6.07, 6.45) is 0.111. The standard InChI is InChI=1S/C26H30F6N4O2/c1-17(18-11-19(25(27,28)29)13-20(12-18)26(30,31)32)38-15-24(22(2)7-5-4-6-8-22)10-9-23(3,14-33-24)36-16-34-35-21(36)37/h4-7,11-13,16-17,33H,8-10,14-15H2,1-3H3,(H,35,37)/t17-,22?,23+,24-/m1/s1. The molecule has 208 valence electrons. The number of halogens is 6. The van der Waals surface area contributed by atoms with E-state index in [4.69, 9.17) is 4.74 Å². The van der Waals surface area contributed by atoms with Crippen LogP contribution in [0.2, 0.25) is 0 Å². The van der Waals surface area contributed by atoms with Crippen molar-refractivity contribution in [3.8, 4) is 0 Å². The number of nitrogens with zero attached hydrogens (tertiary/aromatic N) is 2. The second kappa shape index (κ2) is 9.71. The Hall–Kier alpha value is -2.86. The highest BCUT2D eigenvalue weighted by Crippen LogP contribution is 2.47. The summed E-state index contributed by atoms with van der Waals surface area (Å²) < 4.78 is 87.9. The number of allylic oxidation sites excluding steroid dienone is 3. The van der Waals surface area contributed by atoms with Crippen molar-refractivity contribution in [3.63, 3.8) is 0 Å². The molecule has 0 bridgehead atoms. The second-order valence-electron chi connectivity index (χ2n) is 10.7. The molecule has 1 saturated heterocycles. The maximum absolute atomic E-state index is 13.4. The molecule has 2 N–H and O–H groups in total. The van der Waals surface area contributed by atoms with Crippen molar-refractivity contribution in [1.82, 2.24) is 20.1 Å². The summed E-state index contributed by atoms with van der Waals surface area (Å²) in [6, 6.07) is 1.52. The number of alkyl halides is 6. The van der Waals surface area contributed by atoms with Crippen molar-refractivity contribution in [2.45, 2.75) is 69.6 Å². The molecule has 0 saturated carbocycles. The molecule has 12 heteroatoms. The number of rotatable bonds is 6. The molecule has 0 amide bonds. The summed E-state index contributed by atoms with van der Waals surface area (Å²) in [5, 5.41) is 9.77. The number of ether oxygens (including phenoxy) is 1. The Morgan fingerprint density at radius 1 is 1.05 bits per heavy atom. The summed E-state index contributed by atoms with van der Waals surface area (Å²) in [6.45, 7) is 5.80. The van der Waals surface area contributed by atoms with Crippen molar-refractivity contribution in [1.29, 1.82) is 0 Å². The number of hydrogen-bond acceptors (Lipinski definition) is 4. The minimum atomic E-state index is -4.94. The molecule has 1 fully saturated rings. The summed E-state index contributed by atoms with van der Waals surface area (Å²) in [7, 11) is 0. The molecule has 2 aromatic rings. The molecule has 4 atom stereocenters. The fourth-order valence-electron chi connectivity index (χ4n) is 5.29. The molecule has 1 aliphatic carbocycles. The van der Waals surface area contributed by atoms with Crippen molar-refractivity contribution in [3.05, 3.63) is 76.0 Å². The van der Waals surface area contributed by atoms with Crippen LogP contribution in [0.1, 0.15) is 62.8 Å². The zero-order chi connectivity index (χ0) is 28.0. The van der Waals surface area contributed by atoms with Gasteiger partial charge in [-0.25, -0.2) is 9.89 Å². The Balaban J connectivity index is 1.62. The molecule has 4 rings (SSSR count). The van der Waals surface area contributed by atoms with Crippen LogP contribution in [0.3, 0.4) is 0 Å². The fraction of sp³-hybridized carbons (Fsp3) is 0.538. The highest BCUT2D eigenvalue weighted by Gasteiger charge is 2.51. The first kappa shape index (κ1) is 28.2. The van der Waals surface area contributed by atoms with Gasteiger partial charge in [0.25, 0.3) is 0 Å². The molecule has 0 radical (unpaired) electrons. The lowest BCUT2D eigenvalue weighted by atomic mass is 9.62. The van der Waals surface area contributed by atoms with Gasteiger partial charge in [-0.2, -0.15) is 31.4 Å². The van der Waals surface area contributed by atoms with Gasteiger partial charge in [0.15, 0.2) is 0 Å². The Kier molecular flexibility index (Phi) is 7.19. The highest BCUT2D eigenvalue weighted by atomic mass is 19.4.